The van der Waals surface area contributed by atoms with E-state index in [0.717, 1.165) is 53.4 Å². The van der Waals surface area contributed by atoms with Crippen molar-refractivity contribution in [1.29, 1.82) is 0 Å². The van der Waals surface area contributed by atoms with Gasteiger partial charge in [0, 0.05) is 31.4 Å². The Morgan fingerprint density at radius 3 is 2.47 bits per heavy atom. The molecule has 1 saturated heterocycles. The molecule has 3 aromatic rings. The van der Waals surface area contributed by atoms with Gasteiger partial charge in [-0.25, -0.2) is 15.0 Å². The maximum Gasteiger partial charge on any atom is 0.227 e. The maximum absolute atomic E-state index is 4.76. The number of aromatic nitrogens is 5. The van der Waals surface area contributed by atoms with Crippen molar-refractivity contribution < 1.29 is 0 Å². The van der Waals surface area contributed by atoms with E-state index in [4.69, 9.17) is 4.98 Å². The molecule has 0 unspecified atom stereocenters. The Morgan fingerprint density at radius 1 is 1.07 bits per heavy atom. The van der Waals surface area contributed by atoms with Gasteiger partial charge in [0.05, 0.1) is 11.7 Å². The van der Waals surface area contributed by atoms with E-state index in [1.54, 1.807) is 0 Å². The van der Waals surface area contributed by atoms with Gasteiger partial charge in [0.15, 0.2) is 0 Å². The maximum atomic E-state index is 4.76. The second-order valence-electron chi connectivity index (χ2n) is 9.68. The standard InChI is InChI=1S/C23H33N7/c1-15(2)30-16(3)26-18-14-25-21(13-19(18)30)27-20-7-10-24-22(28-20)29-11-8-17(9-12-29)23(4,5)6/h7,10,13-15,17H,8-9,11-12H2,1-6H3,(H,24,25,27,28). The van der Waals surface area contributed by atoms with Crippen LogP contribution < -0.4 is 10.2 Å². The van der Waals surface area contributed by atoms with Gasteiger partial charge in [-0.1, -0.05) is 20.8 Å². The number of rotatable bonds is 4. The molecule has 1 fully saturated rings. The first kappa shape index (κ1) is 20.6. The predicted molar refractivity (Wildman–Crippen MR) is 122 cm³/mol. The van der Waals surface area contributed by atoms with Crippen LogP contribution in [0, 0.1) is 18.3 Å². The summed E-state index contributed by atoms with van der Waals surface area (Å²) >= 11 is 0. The number of anilines is 3. The zero-order valence-electron chi connectivity index (χ0n) is 19.0. The summed E-state index contributed by atoms with van der Waals surface area (Å²) in [6.45, 7) is 15.4. The smallest absolute Gasteiger partial charge is 0.227 e. The summed E-state index contributed by atoms with van der Waals surface area (Å²) in [7, 11) is 0. The molecule has 0 bridgehead atoms. The van der Waals surface area contributed by atoms with Gasteiger partial charge in [-0.3, -0.25) is 0 Å². The van der Waals surface area contributed by atoms with Crippen molar-refractivity contribution in [2.24, 2.45) is 11.3 Å². The Hall–Kier alpha value is -2.70. The number of hydrogen-bond donors (Lipinski definition) is 1. The minimum absolute atomic E-state index is 0.340. The third-order valence-corrected chi connectivity index (χ3v) is 6.17. The molecule has 0 aromatic carbocycles. The number of fused-ring (bicyclic) bond motifs is 1. The third-order valence-electron chi connectivity index (χ3n) is 6.17. The first-order valence-corrected chi connectivity index (χ1v) is 10.9. The van der Waals surface area contributed by atoms with E-state index in [0.29, 0.717) is 11.5 Å². The molecule has 0 spiro atoms. The number of imidazole rings is 1. The lowest BCUT2D eigenvalue weighted by Gasteiger charge is -2.38. The van der Waals surface area contributed by atoms with E-state index in [1.165, 1.54) is 12.8 Å². The first-order valence-electron chi connectivity index (χ1n) is 10.9. The largest absolute Gasteiger partial charge is 0.341 e. The Labute approximate surface area is 179 Å². The lowest BCUT2D eigenvalue weighted by molar-refractivity contribution is 0.198. The minimum atomic E-state index is 0.340. The van der Waals surface area contributed by atoms with Gasteiger partial charge in [-0.15, -0.1) is 0 Å². The molecule has 7 nitrogen and oxygen atoms in total. The van der Waals surface area contributed by atoms with Gasteiger partial charge in [0.2, 0.25) is 5.95 Å². The molecule has 1 aliphatic heterocycles. The average molecular weight is 408 g/mol. The molecule has 1 N–H and O–H groups in total. The second kappa shape index (κ2) is 7.85. The van der Waals surface area contributed by atoms with E-state index < -0.39 is 0 Å². The molecule has 0 amide bonds. The second-order valence-corrected chi connectivity index (χ2v) is 9.68. The molecule has 1 aliphatic rings. The molecule has 4 heterocycles. The molecular weight excluding hydrogens is 374 g/mol. The molecule has 0 radical (unpaired) electrons. The zero-order valence-corrected chi connectivity index (χ0v) is 19.0. The van der Waals surface area contributed by atoms with Crippen LogP contribution in [0.2, 0.25) is 0 Å². The van der Waals surface area contributed by atoms with Crippen molar-refractivity contribution in [3.05, 3.63) is 30.4 Å². The summed E-state index contributed by atoms with van der Waals surface area (Å²) in [5.41, 5.74) is 2.36. The van der Waals surface area contributed by atoms with Crippen LogP contribution in [0.5, 0.6) is 0 Å². The topological polar surface area (TPSA) is 71.8 Å². The number of pyridine rings is 1. The van der Waals surface area contributed by atoms with Crippen LogP contribution in [0.3, 0.4) is 0 Å². The molecule has 7 heteroatoms. The average Bonchev–Trinajstić information content (AvgIpc) is 3.03. The monoisotopic (exact) mass is 407 g/mol. The van der Waals surface area contributed by atoms with E-state index in [1.807, 2.05) is 31.5 Å². The normalized spacial score (nSPS) is 15.9. The van der Waals surface area contributed by atoms with Crippen molar-refractivity contribution in [3.63, 3.8) is 0 Å². The van der Waals surface area contributed by atoms with Crippen LogP contribution in [0.15, 0.2) is 24.5 Å². The summed E-state index contributed by atoms with van der Waals surface area (Å²) in [6.07, 6.45) is 6.01. The van der Waals surface area contributed by atoms with Crippen LogP contribution >= 0.6 is 0 Å². The Bertz CT molecular complexity index is 1020. The van der Waals surface area contributed by atoms with Crippen LogP contribution in [0.25, 0.3) is 11.0 Å². The fourth-order valence-electron chi connectivity index (χ4n) is 4.49. The van der Waals surface area contributed by atoms with Crippen molar-refractivity contribution in [1.82, 2.24) is 24.5 Å². The van der Waals surface area contributed by atoms with E-state index in [-0.39, 0.29) is 0 Å². The van der Waals surface area contributed by atoms with E-state index >= 15 is 0 Å². The number of hydrogen-bond acceptors (Lipinski definition) is 6. The van der Waals surface area contributed by atoms with Crippen molar-refractivity contribution in [2.75, 3.05) is 23.3 Å². The van der Waals surface area contributed by atoms with Crippen LogP contribution in [0.4, 0.5) is 17.6 Å². The number of nitrogens with one attached hydrogen (secondary N) is 1. The van der Waals surface area contributed by atoms with Crippen LogP contribution in [-0.2, 0) is 0 Å². The van der Waals surface area contributed by atoms with E-state index in [9.17, 15) is 0 Å². The van der Waals surface area contributed by atoms with E-state index in [2.05, 4.69) is 64.4 Å². The molecular formula is C23H33N7. The molecule has 0 saturated carbocycles. The van der Waals surface area contributed by atoms with Gasteiger partial charge in [-0.2, -0.15) is 4.98 Å². The Kier molecular flexibility index (Phi) is 5.38. The fraction of sp³-hybridized carbons (Fsp3) is 0.565. The predicted octanol–water partition coefficient (Wildman–Crippen LogP) is 5.12. The number of aryl methyl sites for hydroxylation is 1. The molecule has 30 heavy (non-hydrogen) atoms. The Morgan fingerprint density at radius 2 is 1.80 bits per heavy atom. The highest BCUT2D eigenvalue weighted by atomic mass is 15.3. The van der Waals surface area contributed by atoms with Gasteiger partial charge in [-0.05, 0) is 51.0 Å². The molecule has 4 rings (SSSR count). The molecule has 160 valence electrons. The highest BCUT2D eigenvalue weighted by Crippen LogP contribution is 2.35. The summed E-state index contributed by atoms with van der Waals surface area (Å²) in [6, 6.07) is 4.28. The van der Waals surface area contributed by atoms with Gasteiger partial charge in [0.25, 0.3) is 0 Å². The highest BCUT2D eigenvalue weighted by molar-refractivity contribution is 5.79. The van der Waals surface area contributed by atoms with Crippen LogP contribution in [-0.4, -0.2) is 37.6 Å². The van der Waals surface area contributed by atoms with Crippen molar-refractivity contribution in [2.45, 2.75) is 60.4 Å². The van der Waals surface area contributed by atoms with Crippen molar-refractivity contribution >= 4 is 28.6 Å². The summed E-state index contributed by atoms with van der Waals surface area (Å²) in [5, 5.41) is 3.35. The fourth-order valence-corrected chi connectivity index (χ4v) is 4.49. The number of nitrogens with zero attached hydrogens (tertiary/aromatic N) is 6. The van der Waals surface area contributed by atoms with Crippen molar-refractivity contribution in [3.8, 4) is 0 Å². The Balaban J connectivity index is 1.52. The van der Waals surface area contributed by atoms with Gasteiger partial charge < -0.3 is 14.8 Å². The third kappa shape index (κ3) is 4.11. The molecule has 0 aliphatic carbocycles. The summed E-state index contributed by atoms with van der Waals surface area (Å²) < 4.78 is 2.23. The molecule has 0 atom stereocenters. The molecule has 3 aromatic heterocycles. The lowest BCUT2D eigenvalue weighted by Crippen LogP contribution is -2.38. The SMILES string of the molecule is Cc1nc2cnc(Nc3ccnc(N4CCC(C(C)(C)C)CC4)n3)cc2n1C(C)C. The first-order chi connectivity index (χ1) is 14.2. The van der Waals surface area contributed by atoms with Gasteiger partial charge in [0.1, 0.15) is 23.0 Å². The number of piperidine rings is 1. The lowest BCUT2D eigenvalue weighted by atomic mass is 9.75. The summed E-state index contributed by atoms with van der Waals surface area (Å²) in [5.74, 6) is 4.07. The highest BCUT2D eigenvalue weighted by Gasteiger charge is 2.29. The minimum Gasteiger partial charge on any atom is -0.341 e. The van der Waals surface area contributed by atoms with Gasteiger partial charge >= 0.3 is 0 Å². The van der Waals surface area contributed by atoms with Crippen LogP contribution in [0.1, 0.15) is 59.3 Å². The quantitative estimate of drug-likeness (QED) is 0.647. The zero-order chi connectivity index (χ0) is 21.5. The summed E-state index contributed by atoms with van der Waals surface area (Å²) in [4.78, 5) is 20.7.